The van der Waals surface area contributed by atoms with Gasteiger partial charge in [0.25, 0.3) is 0 Å². The average Bonchev–Trinajstić information content (AvgIpc) is 2.90. The third-order valence-corrected chi connectivity index (χ3v) is 5.50. The molecule has 3 N–H and O–H groups in total. The lowest BCUT2D eigenvalue weighted by atomic mass is 10.1. The first-order valence-electron chi connectivity index (χ1n) is 11.8. The fraction of sp³-hybridized carbons (Fsp3) is 0.370. The van der Waals surface area contributed by atoms with E-state index >= 15 is 0 Å². The van der Waals surface area contributed by atoms with Crippen LogP contribution < -0.4 is 15.4 Å². The van der Waals surface area contributed by atoms with Gasteiger partial charge in [0, 0.05) is 43.5 Å². The molecule has 2 aromatic carbocycles. The van der Waals surface area contributed by atoms with Gasteiger partial charge in [-0.25, -0.2) is 9.97 Å². The smallest absolute Gasteiger partial charge is 0.162 e. The number of benzene rings is 2. The van der Waals surface area contributed by atoms with Crippen LogP contribution in [0.2, 0.25) is 0 Å². The predicted molar refractivity (Wildman–Crippen MR) is 137 cm³/mol. The summed E-state index contributed by atoms with van der Waals surface area (Å²) in [5, 5.41) is 25.7. The highest BCUT2D eigenvalue weighted by atomic mass is 16.5. The number of aliphatic hydroxyl groups is 1. The second kappa shape index (κ2) is 13.4. The van der Waals surface area contributed by atoms with Crippen LogP contribution in [0.15, 0.2) is 54.6 Å². The van der Waals surface area contributed by atoms with E-state index in [2.05, 4.69) is 23.6 Å². The number of nitriles is 1. The fourth-order valence-electron chi connectivity index (χ4n) is 3.61. The minimum absolute atomic E-state index is 0.177. The minimum Gasteiger partial charge on any atom is -0.491 e. The van der Waals surface area contributed by atoms with Gasteiger partial charge in [-0.2, -0.15) is 5.26 Å². The van der Waals surface area contributed by atoms with E-state index in [-0.39, 0.29) is 12.6 Å². The van der Waals surface area contributed by atoms with E-state index in [9.17, 15) is 10.4 Å². The Balaban J connectivity index is 1.97. The van der Waals surface area contributed by atoms with Crippen molar-refractivity contribution >= 4 is 5.82 Å². The van der Waals surface area contributed by atoms with E-state index in [1.807, 2.05) is 48.5 Å². The van der Waals surface area contributed by atoms with Crippen LogP contribution in [0.4, 0.5) is 5.82 Å². The number of nitrogens with zero attached hydrogens (tertiary/aromatic N) is 3. The van der Waals surface area contributed by atoms with Gasteiger partial charge in [0.1, 0.15) is 24.3 Å². The van der Waals surface area contributed by atoms with Gasteiger partial charge in [-0.15, -0.1) is 0 Å². The number of aromatic nitrogens is 2. The SMILES string of the molecule is CCC(CCOC)Nc1cc(-c2cccc(C#N)c2)nc(-c2cccc(OCC(O)CNC)c2)n1. The first-order chi connectivity index (χ1) is 17.1. The van der Waals surface area contributed by atoms with E-state index < -0.39 is 6.10 Å². The molecule has 0 aliphatic heterocycles. The lowest BCUT2D eigenvalue weighted by Gasteiger charge is -2.18. The molecule has 2 atom stereocenters. The monoisotopic (exact) mass is 475 g/mol. The van der Waals surface area contributed by atoms with E-state index in [0.717, 1.165) is 24.0 Å². The average molecular weight is 476 g/mol. The number of aliphatic hydroxyl groups excluding tert-OH is 1. The van der Waals surface area contributed by atoms with Crippen LogP contribution >= 0.6 is 0 Å². The van der Waals surface area contributed by atoms with Gasteiger partial charge < -0.3 is 25.2 Å². The first kappa shape index (κ1) is 26.1. The van der Waals surface area contributed by atoms with Gasteiger partial charge in [-0.1, -0.05) is 31.2 Å². The van der Waals surface area contributed by atoms with Gasteiger partial charge in [-0.3, -0.25) is 0 Å². The Labute approximate surface area is 207 Å². The van der Waals surface area contributed by atoms with E-state index in [0.29, 0.717) is 41.8 Å². The Morgan fingerprint density at radius 1 is 1.09 bits per heavy atom. The van der Waals surface area contributed by atoms with Crippen LogP contribution in [0.3, 0.4) is 0 Å². The van der Waals surface area contributed by atoms with Crippen molar-refractivity contribution in [3.63, 3.8) is 0 Å². The van der Waals surface area contributed by atoms with Gasteiger partial charge >= 0.3 is 0 Å². The van der Waals surface area contributed by atoms with E-state index in [4.69, 9.17) is 19.4 Å². The van der Waals surface area contributed by atoms with Crippen molar-refractivity contribution < 1.29 is 14.6 Å². The molecule has 8 heteroatoms. The van der Waals surface area contributed by atoms with Crippen LogP contribution in [0.5, 0.6) is 5.75 Å². The highest BCUT2D eigenvalue weighted by molar-refractivity contribution is 5.69. The molecule has 35 heavy (non-hydrogen) atoms. The van der Waals surface area contributed by atoms with E-state index in [1.54, 1.807) is 20.2 Å². The van der Waals surface area contributed by atoms with Crippen molar-refractivity contribution in [1.82, 2.24) is 15.3 Å². The molecule has 0 radical (unpaired) electrons. The molecular weight excluding hydrogens is 442 g/mol. The summed E-state index contributed by atoms with van der Waals surface area (Å²) < 4.78 is 11.0. The molecule has 8 nitrogen and oxygen atoms in total. The molecule has 184 valence electrons. The summed E-state index contributed by atoms with van der Waals surface area (Å²) in [5.74, 6) is 1.86. The standard InChI is InChI=1S/C27H33N5O3/c1-4-22(11-12-34-3)30-26-15-25(20-8-5-7-19(13-20)16-28)31-27(32-26)21-9-6-10-24(14-21)35-18-23(33)17-29-2/h5-10,13-15,22-23,29,33H,4,11-12,17-18H2,1-3H3,(H,30,31,32). The van der Waals surface area contributed by atoms with Crippen molar-refractivity contribution in [3.05, 3.63) is 60.2 Å². The van der Waals surface area contributed by atoms with Crippen molar-refractivity contribution in [1.29, 1.82) is 5.26 Å². The highest BCUT2D eigenvalue weighted by Gasteiger charge is 2.14. The highest BCUT2D eigenvalue weighted by Crippen LogP contribution is 2.27. The first-order valence-corrected chi connectivity index (χ1v) is 11.8. The Bertz CT molecular complexity index is 1130. The minimum atomic E-state index is -0.607. The van der Waals surface area contributed by atoms with Crippen LogP contribution in [-0.2, 0) is 4.74 Å². The fourth-order valence-corrected chi connectivity index (χ4v) is 3.61. The summed E-state index contributed by atoms with van der Waals surface area (Å²) in [4.78, 5) is 9.60. The molecule has 0 saturated carbocycles. The third kappa shape index (κ3) is 7.76. The third-order valence-electron chi connectivity index (χ3n) is 5.50. The molecule has 0 bridgehead atoms. The van der Waals surface area contributed by atoms with Gasteiger partial charge in [0.2, 0.25) is 0 Å². The molecule has 0 spiro atoms. The molecule has 0 aliphatic carbocycles. The second-order valence-corrected chi connectivity index (χ2v) is 8.24. The molecule has 1 heterocycles. The van der Waals surface area contributed by atoms with Gasteiger partial charge in [-0.05, 0) is 44.2 Å². The zero-order valence-electron chi connectivity index (χ0n) is 20.5. The van der Waals surface area contributed by atoms with E-state index in [1.165, 1.54) is 0 Å². The predicted octanol–water partition coefficient (Wildman–Crippen LogP) is 3.87. The number of likely N-dealkylation sites (N-methyl/N-ethyl adjacent to an activating group) is 1. The molecule has 3 rings (SSSR count). The van der Waals surface area contributed by atoms with Crippen LogP contribution in [0, 0.1) is 11.3 Å². The summed E-state index contributed by atoms with van der Waals surface area (Å²) in [5.41, 5.74) is 2.91. The maximum Gasteiger partial charge on any atom is 0.162 e. The Hall–Kier alpha value is -3.51. The number of hydrogen-bond donors (Lipinski definition) is 3. The number of hydrogen-bond acceptors (Lipinski definition) is 8. The van der Waals surface area contributed by atoms with Crippen molar-refractivity contribution in [2.24, 2.45) is 0 Å². The molecule has 2 unspecified atom stereocenters. The quantitative estimate of drug-likeness (QED) is 0.342. The number of nitrogens with one attached hydrogen (secondary N) is 2. The Morgan fingerprint density at radius 2 is 1.89 bits per heavy atom. The van der Waals surface area contributed by atoms with Crippen LogP contribution in [0.1, 0.15) is 25.3 Å². The van der Waals surface area contributed by atoms with Crippen LogP contribution in [0.25, 0.3) is 22.6 Å². The maximum absolute atomic E-state index is 9.95. The lowest BCUT2D eigenvalue weighted by molar-refractivity contribution is 0.108. The van der Waals surface area contributed by atoms with Crippen molar-refractivity contribution in [2.75, 3.05) is 39.2 Å². The topological polar surface area (TPSA) is 112 Å². The Morgan fingerprint density at radius 3 is 2.63 bits per heavy atom. The zero-order chi connectivity index (χ0) is 25.0. The number of anilines is 1. The van der Waals surface area contributed by atoms with Crippen molar-refractivity contribution in [2.45, 2.75) is 31.9 Å². The number of methoxy groups -OCH3 is 1. The normalized spacial score (nSPS) is 12.5. The number of ether oxygens (including phenoxy) is 2. The lowest BCUT2D eigenvalue weighted by Crippen LogP contribution is -2.29. The summed E-state index contributed by atoms with van der Waals surface area (Å²) in [6.45, 7) is 3.40. The largest absolute Gasteiger partial charge is 0.491 e. The van der Waals surface area contributed by atoms with Gasteiger partial charge in [0.05, 0.1) is 17.3 Å². The summed E-state index contributed by atoms with van der Waals surface area (Å²) in [7, 11) is 3.48. The maximum atomic E-state index is 9.95. The summed E-state index contributed by atoms with van der Waals surface area (Å²) >= 11 is 0. The molecule has 0 aliphatic rings. The molecule has 0 fully saturated rings. The number of rotatable bonds is 13. The van der Waals surface area contributed by atoms with Crippen molar-refractivity contribution in [3.8, 4) is 34.5 Å². The Kier molecular flexibility index (Phi) is 9.99. The molecule has 3 aromatic rings. The molecule has 0 saturated heterocycles. The van der Waals surface area contributed by atoms with Crippen LogP contribution in [-0.4, -0.2) is 61.1 Å². The molecule has 1 aromatic heterocycles. The molecular formula is C27H33N5O3. The summed E-state index contributed by atoms with van der Waals surface area (Å²) in [6.07, 6.45) is 1.16. The zero-order valence-corrected chi connectivity index (χ0v) is 20.5. The van der Waals surface area contributed by atoms with Gasteiger partial charge in [0.15, 0.2) is 5.82 Å². The summed E-state index contributed by atoms with van der Waals surface area (Å²) in [6, 6.07) is 19.2. The second-order valence-electron chi connectivity index (χ2n) is 8.24. The molecule has 0 amide bonds.